The summed E-state index contributed by atoms with van der Waals surface area (Å²) in [6.07, 6.45) is 0. The lowest BCUT2D eigenvalue weighted by Crippen LogP contribution is -2.28. The van der Waals surface area contributed by atoms with Gasteiger partial charge in [0.05, 0.1) is 11.8 Å². The van der Waals surface area contributed by atoms with Gasteiger partial charge in [-0.15, -0.1) is 10.2 Å². The van der Waals surface area contributed by atoms with Crippen LogP contribution < -0.4 is 5.32 Å². The highest BCUT2D eigenvalue weighted by molar-refractivity contribution is 7.99. The molecule has 0 aliphatic rings. The molecule has 1 heterocycles. The van der Waals surface area contributed by atoms with Crippen LogP contribution in [0.1, 0.15) is 24.1 Å². The highest BCUT2D eigenvalue weighted by atomic mass is 32.2. The molecule has 0 aliphatic carbocycles. The minimum absolute atomic E-state index is 0.0304. The topological polar surface area (TPSA) is 68.0 Å². The second-order valence-electron chi connectivity index (χ2n) is 5.99. The van der Waals surface area contributed by atoms with Crippen molar-refractivity contribution >= 4 is 17.7 Å². The zero-order valence-corrected chi connectivity index (χ0v) is 15.5. The molecule has 0 radical (unpaired) electrons. The molecule has 1 N–H and O–H groups in total. The van der Waals surface area contributed by atoms with E-state index in [-0.39, 0.29) is 22.4 Å². The molecular formula is C19H17F2N3O2S. The summed E-state index contributed by atoms with van der Waals surface area (Å²) in [5.74, 6) is -1.28. The highest BCUT2D eigenvalue weighted by Gasteiger charge is 2.16. The summed E-state index contributed by atoms with van der Waals surface area (Å²) in [7, 11) is 0. The molecule has 27 heavy (non-hydrogen) atoms. The molecule has 2 aromatic carbocycles. The van der Waals surface area contributed by atoms with E-state index in [0.717, 1.165) is 35.0 Å². The van der Waals surface area contributed by atoms with Gasteiger partial charge in [-0.1, -0.05) is 35.5 Å². The largest absolute Gasteiger partial charge is 0.411 e. The summed E-state index contributed by atoms with van der Waals surface area (Å²) in [6, 6.07) is 10.3. The molecule has 1 aromatic heterocycles. The van der Waals surface area contributed by atoms with Crippen molar-refractivity contribution in [3.63, 3.8) is 0 Å². The van der Waals surface area contributed by atoms with Gasteiger partial charge in [-0.05, 0) is 32.0 Å². The van der Waals surface area contributed by atoms with Crippen molar-refractivity contribution in [2.75, 3.05) is 5.75 Å². The van der Waals surface area contributed by atoms with Gasteiger partial charge in [0.25, 0.3) is 5.22 Å². The van der Waals surface area contributed by atoms with E-state index in [2.05, 4.69) is 15.5 Å². The molecule has 0 spiro atoms. The van der Waals surface area contributed by atoms with E-state index in [9.17, 15) is 13.6 Å². The van der Waals surface area contributed by atoms with Gasteiger partial charge in [-0.25, -0.2) is 8.78 Å². The summed E-state index contributed by atoms with van der Waals surface area (Å²) in [5, 5.41) is 10.8. The highest BCUT2D eigenvalue weighted by Crippen LogP contribution is 2.24. The maximum atomic E-state index is 13.8. The monoisotopic (exact) mass is 389 g/mol. The normalized spacial score (nSPS) is 12.0. The van der Waals surface area contributed by atoms with Crippen LogP contribution >= 0.6 is 11.8 Å². The average molecular weight is 389 g/mol. The van der Waals surface area contributed by atoms with Gasteiger partial charge in [-0.2, -0.15) is 0 Å². The van der Waals surface area contributed by atoms with Gasteiger partial charge in [0, 0.05) is 17.2 Å². The number of carbonyl (C=O) groups excluding carboxylic acids is 1. The maximum Gasteiger partial charge on any atom is 0.277 e. The van der Waals surface area contributed by atoms with E-state index in [4.69, 9.17) is 4.42 Å². The van der Waals surface area contributed by atoms with E-state index >= 15 is 0 Å². The molecule has 0 saturated carbocycles. The Bertz CT molecular complexity index is 962. The van der Waals surface area contributed by atoms with E-state index in [1.165, 1.54) is 6.07 Å². The number of nitrogens with one attached hydrogen (secondary N) is 1. The van der Waals surface area contributed by atoms with Crippen molar-refractivity contribution < 1.29 is 18.0 Å². The Morgan fingerprint density at radius 2 is 2.04 bits per heavy atom. The molecule has 0 saturated heterocycles. The Balaban J connectivity index is 1.56. The lowest BCUT2D eigenvalue weighted by molar-refractivity contribution is -0.119. The number of nitrogens with zero attached hydrogens (tertiary/aromatic N) is 2. The Morgan fingerprint density at radius 3 is 2.78 bits per heavy atom. The number of amides is 1. The molecule has 3 aromatic rings. The molecule has 1 atom stereocenters. The van der Waals surface area contributed by atoms with Crippen molar-refractivity contribution in [2.45, 2.75) is 25.1 Å². The van der Waals surface area contributed by atoms with Crippen LogP contribution in [-0.4, -0.2) is 21.9 Å². The molecule has 0 fully saturated rings. The number of halogens is 2. The quantitative estimate of drug-likeness (QED) is 0.637. The number of rotatable bonds is 6. The molecule has 0 unspecified atom stereocenters. The predicted molar refractivity (Wildman–Crippen MR) is 98.1 cm³/mol. The summed E-state index contributed by atoms with van der Waals surface area (Å²) in [6.45, 7) is 3.59. The minimum Gasteiger partial charge on any atom is -0.411 e. The number of benzene rings is 2. The van der Waals surface area contributed by atoms with Gasteiger partial charge < -0.3 is 9.73 Å². The first-order valence-corrected chi connectivity index (χ1v) is 9.18. The Kier molecular flexibility index (Phi) is 5.85. The fraction of sp³-hybridized carbons (Fsp3) is 0.211. The van der Waals surface area contributed by atoms with Crippen LogP contribution in [0.25, 0.3) is 11.5 Å². The first-order valence-electron chi connectivity index (χ1n) is 8.20. The zero-order chi connectivity index (χ0) is 19.4. The standard InChI is InChI=1S/C19H17F2N3O2S/c1-11-4-3-5-13(8-11)18-23-24-19(26-18)27-10-17(25)22-12(2)15-7-6-14(20)9-16(15)21/h3-9,12H,10H2,1-2H3,(H,22,25)/t12-/m0/s1. The first-order chi connectivity index (χ1) is 12.9. The number of aryl methyl sites for hydroxylation is 1. The second-order valence-corrected chi connectivity index (χ2v) is 6.91. The van der Waals surface area contributed by atoms with Gasteiger partial charge in [0.2, 0.25) is 11.8 Å². The number of hydrogen-bond acceptors (Lipinski definition) is 5. The third-order valence-electron chi connectivity index (χ3n) is 3.80. The van der Waals surface area contributed by atoms with Crippen LogP contribution in [0.3, 0.4) is 0 Å². The maximum absolute atomic E-state index is 13.8. The van der Waals surface area contributed by atoms with E-state index in [0.29, 0.717) is 5.89 Å². The van der Waals surface area contributed by atoms with Crippen molar-refractivity contribution in [1.29, 1.82) is 0 Å². The summed E-state index contributed by atoms with van der Waals surface area (Å²) in [5.41, 5.74) is 2.09. The Labute approximate surface area is 159 Å². The first kappa shape index (κ1) is 19.0. The zero-order valence-electron chi connectivity index (χ0n) is 14.7. The van der Waals surface area contributed by atoms with Crippen molar-refractivity contribution in [2.24, 2.45) is 0 Å². The van der Waals surface area contributed by atoms with Crippen molar-refractivity contribution in [3.05, 3.63) is 65.2 Å². The number of thioether (sulfide) groups is 1. The van der Waals surface area contributed by atoms with Gasteiger partial charge in [0.1, 0.15) is 11.6 Å². The molecule has 0 bridgehead atoms. The van der Waals surface area contributed by atoms with Gasteiger partial charge >= 0.3 is 0 Å². The number of carbonyl (C=O) groups is 1. The lowest BCUT2D eigenvalue weighted by atomic mass is 10.1. The fourth-order valence-electron chi connectivity index (χ4n) is 2.50. The summed E-state index contributed by atoms with van der Waals surface area (Å²) >= 11 is 1.09. The van der Waals surface area contributed by atoms with Gasteiger partial charge in [-0.3, -0.25) is 4.79 Å². The average Bonchev–Trinajstić information content (AvgIpc) is 3.09. The molecule has 0 aliphatic heterocycles. The Morgan fingerprint density at radius 1 is 1.22 bits per heavy atom. The van der Waals surface area contributed by atoms with Gasteiger partial charge in [0.15, 0.2) is 0 Å². The SMILES string of the molecule is Cc1cccc(-c2nnc(SCC(=O)N[C@@H](C)c3ccc(F)cc3F)o2)c1. The molecule has 5 nitrogen and oxygen atoms in total. The molecule has 8 heteroatoms. The van der Waals surface area contributed by atoms with E-state index in [1.807, 2.05) is 31.2 Å². The van der Waals surface area contributed by atoms with E-state index < -0.39 is 17.7 Å². The Hall–Kier alpha value is -2.74. The second kappa shape index (κ2) is 8.30. The summed E-state index contributed by atoms with van der Waals surface area (Å²) < 4.78 is 32.3. The smallest absolute Gasteiger partial charge is 0.277 e. The predicted octanol–water partition coefficient (Wildman–Crippen LogP) is 4.29. The van der Waals surface area contributed by atoms with Crippen LogP contribution in [0.5, 0.6) is 0 Å². The van der Waals surface area contributed by atoms with Crippen molar-refractivity contribution in [1.82, 2.24) is 15.5 Å². The lowest BCUT2D eigenvalue weighted by Gasteiger charge is -2.14. The summed E-state index contributed by atoms with van der Waals surface area (Å²) in [4.78, 5) is 12.1. The van der Waals surface area contributed by atoms with Crippen LogP contribution in [0.15, 0.2) is 52.1 Å². The number of aromatic nitrogens is 2. The van der Waals surface area contributed by atoms with Crippen LogP contribution in [0.2, 0.25) is 0 Å². The van der Waals surface area contributed by atoms with E-state index in [1.54, 1.807) is 6.92 Å². The molecule has 140 valence electrons. The molecule has 1 amide bonds. The van der Waals surface area contributed by atoms with Crippen LogP contribution in [-0.2, 0) is 4.79 Å². The molecular weight excluding hydrogens is 372 g/mol. The van der Waals surface area contributed by atoms with Crippen LogP contribution in [0.4, 0.5) is 8.78 Å². The van der Waals surface area contributed by atoms with Crippen LogP contribution in [0, 0.1) is 18.6 Å². The number of hydrogen-bond donors (Lipinski definition) is 1. The minimum atomic E-state index is -0.699. The molecule has 3 rings (SSSR count). The third kappa shape index (κ3) is 4.91. The van der Waals surface area contributed by atoms with Crippen molar-refractivity contribution in [3.8, 4) is 11.5 Å². The fourth-order valence-corrected chi connectivity index (χ4v) is 3.08. The third-order valence-corrected chi connectivity index (χ3v) is 4.62.